The molecule has 0 unspecified atom stereocenters. The molecular formula is C16H15ClFNO2. The van der Waals surface area contributed by atoms with Crippen LogP contribution in [0, 0.1) is 12.7 Å². The first kappa shape index (κ1) is 15.3. The molecule has 0 aliphatic carbocycles. The SMILES string of the molecule is Cc1ccccc1OCCNC(=O)c1cc(Cl)ccc1F. The molecule has 1 amide bonds. The summed E-state index contributed by atoms with van der Waals surface area (Å²) in [7, 11) is 0. The fraction of sp³-hybridized carbons (Fsp3) is 0.188. The van der Waals surface area contributed by atoms with Crippen LogP contribution in [0.15, 0.2) is 42.5 Å². The van der Waals surface area contributed by atoms with Gasteiger partial charge in [-0.25, -0.2) is 4.39 Å². The van der Waals surface area contributed by atoms with E-state index in [-0.39, 0.29) is 12.1 Å². The number of aryl methyl sites for hydroxylation is 1. The molecule has 2 aromatic rings. The minimum absolute atomic E-state index is 0.0709. The highest BCUT2D eigenvalue weighted by Crippen LogP contribution is 2.16. The zero-order chi connectivity index (χ0) is 15.2. The van der Waals surface area contributed by atoms with Crippen LogP contribution in [0.3, 0.4) is 0 Å². The van der Waals surface area contributed by atoms with Crippen molar-refractivity contribution in [3.63, 3.8) is 0 Å². The summed E-state index contributed by atoms with van der Waals surface area (Å²) in [6, 6.07) is 11.5. The maximum Gasteiger partial charge on any atom is 0.254 e. The van der Waals surface area contributed by atoms with E-state index in [4.69, 9.17) is 16.3 Å². The Morgan fingerprint density at radius 3 is 2.81 bits per heavy atom. The van der Waals surface area contributed by atoms with E-state index in [2.05, 4.69) is 5.32 Å². The van der Waals surface area contributed by atoms with E-state index in [0.717, 1.165) is 11.3 Å². The number of ether oxygens (including phenoxy) is 1. The number of hydrogen-bond donors (Lipinski definition) is 1. The summed E-state index contributed by atoms with van der Waals surface area (Å²) in [5.74, 6) is -0.346. The monoisotopic (exact) mass is 307 g/mol. The van der Waals surface area contributed by atoms with Gasteiger partial charge in [0.15, 0.2) is 0 Å². The fourth-order valence-corrected chi connectivity index (χ4v) is 1.98. The Morgan fingerprint density at radius 2 is 2.05 bits per heavy atom. The Hall–Kier alpha value is -2.07. The average Bonchev–Trinajstić information content (AvgIpc) is 2.47. The Morgan fingerprint density at radius 1 is 1.29 bits per heavy atom. The molecule has 0 heterocycles. The van der Waals surface area contributed by atoms with Gasteiger partial charge in [0.25, 0.3) is 5.91 Å². The highest BCUT2D eigenvalue weighted by molar-refractivity contribution is 6.30. The van der Waals surface area contributed by atoms with Crippen molar-refractivity contribution in [1.82, 2.24) is 5.32 Å². The molecule has 0 aromatic heterocycles. The van der Waals surface area contributed by atoms with Gasteiger partial charge in [-0.2, -0.15) is 0 Å². The van der Waals surface area contributed by atoms with Gasteiger partial charge in [0.1, 0.15) is 18.2 Å². The first-order valence-electron chi connectivity index (χ1n) is 6.49. The predicted molar refractivity (Wildman–Crippen MR) is 80.4 cm³/mol. The normalized spacial score (nSPS) is 10.2. The van der Waals surface area contributed by atoms with Crippen LogP contribution < -0.4 is 10.1 Å². The number of nitrogens with one attached hydrogen (secondary N) is 1. The Balaban J connectivity index is 1.85. The molecule has 0 spiro atoms. The van der Waals surface area contributed by atoms with Crippen LogP contribution in [0.1, 0.15) is 15.9 Å². The van der Waals surface area contributed by atoms with Crippen molar-refractivity contribution in [2.75, 3.05) is 13.2 Å². The van der Waals surface area contributed by atoms with Gasteiger partial charge in [-0.05, 0) is 36.8 Å². The molecule has 0 fully saturated rings. The predicted octanol–water partition coefficient (Wildman–Crippen LogP) is 3.60. The minimum atomic E-state index is -0.600. The zero-order valence-electron chi connectivity index (χ0n) is 11.5. The summed E-state index contributed by atoms with van der Waals surface area (Å²) in [6.07, 6.45) is 0. The van der Waals surface area contributed by atoms with E-state index in [1.807, 2.05) is 31.2 Å². The summed E-state index contributed by atoms with van der Waals surface area (Å²) in [4.78, 5) is 11.8. The molecule has 1 N–H and O–H groups in total. The summed E-state index contributed by atoms with van der Waals surface area (Å²) in [5, 5.41) is 2.91. The molecule has 0 atom stereocenters. The van der Waals surface area contributed by atoms with Gasteiger partial charge in [0.05, 0.1) is 12.1 Å². The smallest absolute Gasteiger partial charge is 0.254 e. The van der Waals surface area contributed by atoms with Crippen LogP contribution in [0.25, 0.3) is 0 Å². The first-order valence-corrected chi connectivity index (χ1v) is 6.87. The van der Waals surface area contributed by atoms with Crippen molar-refractivity contribution in [2.24, 2.45) is 0 Å². The topological polar surface area (TPSA) is 38.3 Å². The summed E-state index contributed by atoms with van der Waals surface area (Å²) in [6.45, 7) is 2.52. The second kappa shape index (κ2) is 7.09. The Bertz CT molecular complexity index is 646. The second-order valence-corrected chi connectivity index (χ2v) is 4.93. The van der Waals surface area contributed by atoms with Gasteiger partial charge < -0.3 is 10.1 Å². The minimum Gasteiger partial charge on any atom is -0.491 e. The molecule has 0 bridgehead atoms. The molecule has 0 radical (unpaired) electrons. The quantitative estimate of drug-likeness (QED) is 0.857. The van der Waals surface area contributed by atoms with Gasteiger partial charge in [0, 0.05) is 5.02 Å². The molecule has 21 heavy (non-hydrogen) atoms. The summed E-state index contributed by atoms with van der Waals surface area (Å²) in [5.41, 5.74) is 0.947. The largest absolute Gasteiger partial charge is 0.491 e. The van der Waals surface area contributed by atoms with Crippen molar-refractivity contribution in [2.45, 2.75) is 6.92 Å². The van der Waals surface area contributed by atoms with E-state index in [9.17, 15) is 9.18 Å². The lowest BCUT2D eigenvalue weighted by atomic mass is 10.2. The molecule has 0 saturated carbocycles. The molecule has 0 saturated heterocycles. The van der Waals surface area contributed by atoms with E-state index in [0.29, 0.717) is 11.6 Å². The third kappa shape index (κ3) is 4.20. The van der Waals surface area contributed by atoms with Crippen LogP contribution in [-0.2, 0) is 0 Å². The number of carbonyl (C=O) groups is 1. The summed E-state index contributed by atoms with van der Waals surface area (Å²) < 4.78 is 19.0. The zero-order valence-corrected chi connectivity index (χ0v) is 12.3. The molecule has 2 aromatic carbocycles. The number of para-hydroxylation sites is 1. The molecule has 3 nitrogen and oxygen atoms in total. The number of carbonyl (C=O) groups excluding carboxylic acids is 1. The number of benzene rings is 2. The van der Waals surface area contributed by atoms with Gasteiger partial charge in [-0.3, -0.25) is 4.79 Å². The summed E-state index contributed by atoms with van der Waals surface area (Å²) >= 11 is 5.75. The van der Waals surface area contributed by atoms with E-state index in [1.54, 1.807) is 0 Å². The lowest BCUT2D eigenvalue weighted by molar-refractivity contribution is 0.0943. The second-order valence-electron chi connectivity index (χ2n) is 4.49. The molecule has 0 aliphatic rings. The van der Waals surface area contributed by atoms with Crippen molar-refractivity contribution in [1.29, 1.82) is 0 Å². The van der Waals surface area contributed by atoms with E-state index < -0.39 is 11.7 Å². The molecular weight excluding hydrogens is 293 g/mol. The number of rotatable bonds is 5. The number of halogens is 2. The van der Waals surface area contributed by atoms with Crippen LogP contribution in [0.5, 0.6) is 5.75 Å². The Kier molecular flexibility index (Phi) is 5.17. The van der Waals surface area contributed by atoms with Gasteiger partial charge in [-0.1, -0.05) is 29.8 Å². The molecule has 2 rings (SSSR count). The van der Waals surface area contributed by atoms with Crippen LogP contribution in [0.2, 0.25) is 5.02 Å². The maximum absolute atomic E-state index is 13.5. The van der Waals surface area contributed by atoms with Gasteiger partial charge in [-0.15, -0.1) is 0 Å². The molecule has 0 aliphatic heterocycles. The van der Waals surface area contributed by atoms with Crippen LogP contribution >= 0.6 is 11.6 Å². The average molecular weight is 308 g/mol. The fourth-order valence-electron chi connectivity index (χ4n) is 1.81. The number of amides is 1. The highest BCUT2D eigenvalue weighted by atomic mass is 35.5. The Labute approximate surface area is 127 Å². The lowest BCUT2D eigenvalue weighted by Gasteiger charge is -2.10. The highest BCUT2D eigenvalue weighted by Gasteiger charge is 2.11. The maximum atomic E-state index is 13.5. The standard InChI is InChI=1S/C16H15ClFNO2/c1-11-4-2-3-5-15(11)21-9-8-19-16(20)13-10-12(17)6-7-14(13)18/h2-7,10H,8-9H2,1H3,(H,19,20). The third-order valence-electron chi connectivity index (χ3n) is 2.91. The lowest BCUT2D eigenvalue weighted by Crippen LogP contribution is -2.28. The van der Waals surface area contributed by atoms with Crippen molar-refractivity contribution in [3.8, 4) is 5.75 Å². The van der Waals surface area contributed by atoms with Crippen LogP contribution in [0.4, 0.5) is 4.39 Å². The van der Waals surface area contributed by atoms with E-state index >= 15 is 0 Å². The third-order valence-corrected chi connectivity index (χ3v) is 3.15. The van der Waals surface area contributed by atoms with E-state index in [1.165, 1.54) is 18.2 Å². The first-order chi connectivity index (χ1) is 10.1. The van der Waals surface area contributed by atoms with Gasteiger partial charge in [0.2, 0.25) is 0 Å². The van der Waals surface area contributed by atoms with Crippen molar-refractivity contribution >= 4 is 17.5 Å². The molecule has 5 heteroatoms. The van der Waals surface area contributed by atoms with Crippen molar-refractivity contribution < 1.29 is 13.9 Å². The van der Waals surface area contributed by atoms with Crippen molar-refractivity contribution in [3.05, 3.63) is 64.4 Å². The molecule has 110 valence electrons. The van der Waals surface area contributed by atoms with Crippen LogP contribution in [-0.4, -0.2) is 19.1 Å². The number of hydrogen-bond acceptors (Lipinski definition) is 2. The van der Waals surface area contributed by atoms with Gasteiger partial charge >= 0.3 is 0 Å².